The van der Waals surface area contributed by atoms with Crippen molar-refractivity contribution in [2.45, 2.75) is 58.5 Å². The van der Waals surface area contributed by atoms with Gasteiger partial charge in [0, 0.05) is 32.4 Å². The molecular formula is C15H29N3O. The SMILES string of the molecule is CCNC(CCOC)Cc1ccn(C(CC)CC)n1. The molecule has 1 N–H and O–H groups in total. The van der Waals surface area contributed by atoms with Gasteiger partial charge in [0.05, 0.1) is 11.7 Å². The lowest BCUT2D eigenvalue weighted by Crippen LogP contribution is -2.32. The number of ether oxygens (including phenoxy) is 1. The van der Waals surface area contributed by atoms with Crippen molar-refractivity contribution in [3.8, 4) is 0 Å². The first-order valence-electron chi connectivity index (χ1n) is 7.51. The number of nitrogens with one attached hydrogen (secondary N) is 1. The standard InChI is InChI=1S/C15H29N3O/c1-5-15(6-2)18-10-8-14(17-18)12-13(16-7-3)9-11-19-4/h8,10,13,15-16H,5-7,9,11-12H2,1-4H3. The van der Waals surface area contributed by atoms with Crippen molar-refractivity contribution in [3.05, 3.63) is 18.0 Å². The number of likely N-dealkylation sites (N-methyl/N-ethyl adjacent to an activating group) is 1. The Labute approximate surface area is 117 Å². The second-order valence-corrected chi connectivity index (χ2v) is 5.00. The summed E-state index contributed by atoms with van der Waals surface area (Å²) in [6.45, 7) is 8.36. The van der Waals surface area contributed by atoms with E-state index in [1.54, 1.807) is 7.11 Å². The Morgan fingerprint density at radius 1 is 1.32 bits per heavy atom. The Bertz CT molecular complexity index is 334. The van der Waals surface area contributed by atoms with Crippen LogP contribution in [0.5, 0.6) is 0 Å². The smallest absolute Gasteiger partial charge is 0.0640 e. The van der Waals surface area contributed by atoms with E-state index in [9.17, 15) is 0 Å². The second kappa shape index (κ2) is 9.10. The molecule has 0 fully saturated rings. The van der Waals surface area contributed by atoms with Crippen LogP contribution in [-0.2, 0) is 11.2 Å². The van der Waals surface area contributed by atoms with Crippen LogP contribution in [0.1, 0.15) is 51.8 Å². The third-order valence-electron chi connectivity index (χ3n) is 3.60. The highest BCUT2D eigenvalue weighted by molar-refractivity contribution is 5.02. The first kappa shape index (κ1) is 16.2. The first-order chi connectivity index (χ1) is 9.24. The van der Waals surface area contributed by atoms with Gasteiger partial charge in [-0.25, -0.2) is 0 Å². The molecule has 4 heteroatoms. The lowest BCUT2D eigenvalue weighted by atomic mass is 10.1. The Kier molecular flexibility index (Phi) is 7.75. The summed E-state index contributed by atoms with van der Waals surface area (Å²) in [5, 5.41) is 8.22. The molecule has 4 nitrogen and oxygen atoms in total. The molecule has 1 aromatic heterocycles. The number of hydrogen-bond acceptors (Lipinski definition) is 3. The minimum absolute atomic E-state index is 0.454. The summed E-state index contributed by atoms with van der Waals surface area (Å²) in [4.78, 5) is 0. The third-order valence-corrected chi connectivity index (χ3v) is 3.60. The summed E-state index contributed by atoms with van der Waals surface area (Å²) < 4.78 is 7.29. The Morgan fingerprint density at radius 2 is 2.05 bits per heavy atom. The van der Waals surface area contributed by atoms with Crippen molar-refractivity contribution >= 4 is 0 Å². The minimum atomic E-state index is 0.454. The predicted octanol–water partition coefficient (Wildman–Crippen LogP) is 2.80. The minimum Gasteiger partial charge on any atom is -0.385 e. The van der Waals surface area contributed by atoms with Crippen LogP contribution in [-0.4, -0.2) is 36.1 Å². The molecule has 19 heavy (non-hydrogen) atoms. The summed E-state index contributed by atoms with van der Waals surface area (Å²) in [7, 11) is 1.75. The molecule has 1 aromatic rings. The van der Waals surface area contributed by atoms with Gasteiger partial charge in [-0.3, -0.25) is 4.68 Å². The van der Waals surface area contributed by atoms with Gasteiger partial charge in [0.1, 0.15) is 0 Å². The van der Waals surface area contributed by atoms with Crippen LogP contribution >= 0.6 is 0 Å². The summed E-state index contributed by atoms with van der Waals surface area (Å²) in [6, 6.07) is 3.13. The van der Waals surface area contributed by atoms with Crippen LogP contribution in [0.25, 0.3) is 0 Å². The van der Waals surface area contributed by atoms with E-state index in [0.29, 0.717) is 12.1 Å². The molecule has 0 aliphatic carbocycles. The van der Waals surface area contributed by atoms with Gasteiger partial charge in [-0.1, -0.05) is 20.8 Å². The van der Waals surface area contributed by atoms with E-state index in [1.165, 1.54) is 5.69 Å². The maximum Gasteiger partial charge on any atom is 0.0640 e. The zero-order valence-electron chi connectivity index (χ0n) is 12.9. The average Bonchev–Trinajstić information content (AvgIpc) is 2.86. The molecule has 1 atom stereocenters. The van der Waals surface area contributed by atoms with E-state index in [2.05, 4.69) is 43.0 Å². The summed E-state index contributed by atoms with van der Waals surface area (Å²) in [5.41, 5.74) is 1.17. The topological polar surface area (TPSA) is 39.1 Å². The highest BCUT2D eigenvalue weighted by atomic mass is 16.5. The van der Waals surface area contributed by atoms with E-state index in [4.69, 9.17) is 9.84 Å². The zero-order valence-corrected chi connectivity index (χ0v) is 12.9. The molecule has 0 saturated heterocycles. The molecule has 0 aliphatic heterocycles. The van der Waals surface area contributed by atoms with Gasteiger partial charge in [0.2, 0.25) is 0 Å². The highest BCUT2D eigenvalue weighted by Crippen LogP contribution is 2.15. The van der Waals surface area contributed by atoms with Gasteiger partial charge in [-0.2, -0.15) is 5.10 Å². The van der Waals surface area contributed by atoms with Crippen molar-refractivity contribution in [2.24, 2.45) is 0 Å². The van der Waals surface area contributed by atoms with Crippen molar-refractivity contribution in [1.82, 2.24) is 15.1 Å². The fourth-order valence-corrected chi connectivity index (χ4v) is 2.43. The van der Waals surface area contributed by atoms with Gasteiger partial charge in [0.25, 0.3) is 0 Å². The van der Waals surface area contributed by atoms with Gasteiger partial charge in [-0.05, 0) is 31.9 Å². The Morgan fingerprint density at radius 3 is 2.63 bits per heavy atom. The van der Waals surface area contributed by atoms with Crippen LogP contribution in [0.15, 0.2) is 12.3 Å². The largest absolute Gasteiger partial charge is 0.385 e. The van der Waals surface area contributed by atoms with E-state index in [0.717, 1.165) is 38.8 Å². The maximum atomic E-state index is 5.17. The molecule has 0 aromatic carbocycles. The summed E-state index contributed by atoms with van der Waals surface area (Å²) in [6.07, 6.45) is 6.40. The summed E-state index contributed by atoms with van der Waals surface area (Å²) >= 11 is 0. The van der Waals surface area contributed by atoms with E-state index in [-0.39, 0.29) is 0 Å². The normalized spacial score (nSPS) is 13.1. The van der Waals surface area contributed by atoms with Gasteiger partial charge in [-0.15, -0.1) is 0 Å². The van der Waals surface area contributed by atoms with Crippen molar-refractivity contribution < 1.29 is 4.74 Å². The number of aromatic nitrogens is 2. The van der Waals surface area contributed by atoms with Gasteiger partial charge < -0.3 is 10.1 Å². The van der Waals surface area contributed by atoms with Crippen LogP contribution < -0.4 is 5.32 Å². The first-order valence-corrected chi connectivity index (χ1v) is 7.51. The maximum absolute atomic E-state index is 5.17. The number of hydrogen-bond donors (Lipinski definition) is 1. The van der Waals surface area contributed by atoms with Gasteiger partial charge in [0.15, 0.2) is 0 Å². The lowest BCUT2D eigenvalue weighted by Gasteiger charge is -2.16. The van der Waals surface area contributed by atoms with Crippen molar-refractivity contribution in [2.75, 3.05) is 20.3 Å². The predicted molar refractivity (Wildman–Crippen MR) is 79.5 cm³/mol. The molecule has 1 heterocycles. The highest BCUT2D eigenvalue weighted by Gasteiger charge is 2.12. The van der Waals surface area contributed by atoms with Crippen LogP contribution in [0.3, 0.4) is 0 Å². The molecule has 0 bridgehead atoms. The van der Waals surface area contributed by atoms with Crippen molar-refractivity contribution in [1.29, 1.82) is 0 Å². The lowest BCUT2D eigenvalue weighted by molar-refractivity contribution is 0.182. The number of rotatable bonds is 10. The molecule has 1 rings (SSSR count). The van der Waals surface area contributed by atoms with Crippen LogP contribution in [0.2, 0.25) is 0 Å². The molecule has 1 unspecified atom stereocenters. The average molecular weight is 267 g/mol. The molecule has 0 spiro atoms. The Balaban J connectivity index is 2.58. The third kappa shape index (κ3) is 5.33. The van der Waals surface area contributed by atoms with Crippen LogP contribution in [0, 0.1) is 0 Å². The van der Waals surface area contributed by atoms with Crippen molar-refractivity contribution in [3.63, 3.8) is 0 Å². The summed E-state index contributed by atoms with van der Waals surface area (Å²) in [5.74, 6) is 0. The monoisotopic (exact) mass is 267 g/mol. The molecule has 0 saturated carbocycles. The molecule has 110 valence electrons. The second-order valence-electron chi connectivity index (χ2n) is 5.00. The van der Waals surface area contributed by atoms with E-state index in [1.807, 2.05) is 0 Å². The van der Waals surface area contributed by atoms with Gasteiger partial charge >= 0.3 is 0 Å². The molecule has 0 radical (unpaired) electrons. The quantitative estimate of drug-likeness (QED) is 0.708. The zero-order chi connectivity index (χ0) is 14.1. The number of methoxy groups -OCH3 is 1. The molecule has 0 amide bonds. The fraction of sp³-hybridized carbons (Fsp3) is 0.800. The Hall–Kier alpha value is -0.870. The molecular weight excluding hydrogens is 238 g/mol. The number of nitrogens with zero attached hydrogens (tertiary/aromatic N) is 2. The van der Waals surface area contributed by atoms with Crippen LogP contribution in [0.4, 0.5) is 0 Å². The molecule has 0 aliphatic rings. The van der Waals surface area contributed by atoms with E-state index >= 15 is 0 Å². The fourth-order valence-electron chi connectivity index (χ4n) is 2.43. The van der Waals surface area contributed by atoms with E-state index < -0.39 is 0 Å².